The molecule has 0 rings (SSSR count). The summed E-state index contributed by atoms with van der Waals surface area (Å²) in [6.07, 6.45) is 9.47. The van der Waals surface area contributed by atoms with Crippen LogP contribution in [0.5, 0.6) is 0 Å². The Bertz CT molecular complexity index is 253. The van der Waals surface area contributed by atoms with Crippen molar-refractivity contribution in [3.8, 4) is 0 Å². The van der Waals surface area contributed by atoms with Gasteiger partial charge in [0.05, 0.1) is 0 Å². The van der Waals surface area contributed by atoms with Gasteiger partial charge in [-0.15, -0.1) is 0 Å². The zero-order chi connectivity index (χ0) is 19.3. The molecule has 0 aliphatic rings. The zero-order valence-corrected chi connectivity index (χ0v) is 18.1. The quantitative estimate of drug-likeness (QED) is 0.310. The molecule has 0 radical (unpaired) electrons. The van der Waals surface area contributed by atoms with Crippen LogP contribution in [0.4, 0.5) is 0 Å². The second-order valence-electron chi connectivity index (χ2n) is 7.90. The Labute approximate surface area is 156 Å². The molecule has 0 aromatic carbocycles. The van der Waals surface area contributed by atoms with E-state index in [4.69, 9.17) is 0 Å². The molecule has 0 saturated carbocycles. The molecule has 0 heterocycles. The molecule has 0 fully saturated rings. The third-order valence-corrected chi connectivity index (χ3v) is 11.3. The zero-order valence-electron chi connectivity index (χ0n) is 17.1. The maximum absolute atomic E-state index is 10.1. The standard InChI is InChI=1S/C20H45O4P/c1-5-17(21)9-13-25(14-10-18(22)6-2,15-11-19(23)7-3)16-12-20(24)8-4/h17-25H,5-16H2,1-4H3. The van der Waals surface area contributed by atoms with E-state index in [1.807, 2.05) is 27.7 Å². The van der Waals surface area contributed by atoms with Crippen LogP contribution in [-0.4, -0.2) is 69.5 Å². The summed E-state index contributed by atoms with van der Waals surface area (Å²) >= 11 is 0. The summed E-state index contributed by atoms with van der Waals surface area (Å²) in [5.41, 5.74) is 0. The van der Waals surface area contributed by atoms with E-state index in [0.717, 1.165) is 76.0 Å². The molecule has 0 aromatic heterocycles. The minimum absolute atomic E-state index is 0.254. The Morgan fingerprint density at radius 2 is 0.680 bits per heavy atom. The van der Waals surface area contributed by atoms with Crippen LogP contribution in [0.25, 0.3) is 0 Å². The summed E-state index contributed by atoms with van der Waals surface area (Å²) in [7, 11) is -1.75. The molecular weight excluding hydrogens is 335 g/mol. The SMILES string of the molecule is CCC(O)CC[PH](CCC(O)CC)(CCC(O)CC)CCC(O)CC. The molecular formula is C20H45O4P. The fraction of sp³-hybridized carbons (Fsp3) is 1.00. The van der Waals surface area contributed by atoms with Gasteiger partial charge in [-0.2, -0.15) is 0 Å². The first kappa shape index (κ1) is 25.3. The van der Waals surface area contributed by atoms with Gasteiger partial charge in [0, 0.05) is 0 Å². The molecule has 4 unspecified atom stereocenters. The van der Waals surface area contributed by atoms with Crippen LogP contribution in [0, 0.1) is 0 Å². The molecule has 0 aliphatic heterocycles. The predicted molar refractivity (Wildman–Crippen MR) is 111 cm³/mol. The van der Waals surface area contributed by atoms with E-state index in [1.165, 1.54) is 0 Å². The van der Waals surface area contributed by atoms with Crippen LogP contribution in [0.15, 0.2) is 0 Å². The molecule has 0 aromatic rings. The molecule has 4 N–H and O–H groups in total. The molecule has 5 heteroatoms. The van der Waals surface area contributed by atoms with Gasteiger partial charge in [0.15, 0.2) is 0 Å². The number of aliphatic hydroxyl groups is 4. The van der Waals surface area contributed by atoms with E-state index in [9.17, 15) is 20.4 Å². The average molecular weight is 381 g/mol. The monoisotopic (exact) mass is 380 g/mol. The van der Waals surface area contributed by atoms with E-state index in [2.05, 4.69) is 0 Å². The molecule has 0 aliphatic carbocycles. The Morgan fingerprint density at radius 1 is 0.480 bits per heavy atom. The third-order valence-electron chi connectivity index (χ3n) is 5.92. The Kier molecular flexibility index (Phi) is 14.5. The van der Waals surface area contributed by atoms with E-state index in [0.29, 0.717) is 0 Å². The van der Waals surface area contributed by atoms with Crippen LogP contribution in [0.1, 0.15) is 79.1 Å². The Hall–Kier alpha value is 0.270. The average Bonchev–Trinajstić information content (AvgIpc) is 2.65. The van der Waals surface area contributed by atoms with Gasteiger partial charge in [0.2, 0.25) is 0 Å². The minimum atomic E-state index is -1.75. The first-order valence-electron chi connectivity index (χ1n) is 10.5. The van der Waals surface area contributed by atoms with Crippen molar-refractivity contribution in [3.63, 3.8) is 0 Å². The first-order valence-corrected chi connectivity index (χ1v) is 13.4. The van der Waals surface area contributed by atoms with Gasteiger partial charge >= 0.3 is 156 Å². The van der Waals surface area contributed by atoms with Crippen LogP contribution in [-0.2, 0) is 0 Å². The fourth-order valence-electron chi connectivity index (χ4n) is 3.46. The van der Waals surface area contributed by atoms with Crippen LogP contribution < -0.4 is 0 Å². The number of hydrogen-bond acceptors (Lipinski definition) is 4. The Morgan fingerprint density at radius 3 is 0.840 bits per heavy atom. The summed E-state index contributed by atoms with van der Waals surface area (Å²) in [5, 5.41) is 40.3. The van der Waals surface area contributed by atoms with E-state index < -0.39 is 7.26 Å². The molecule has 4 nitrogen and oxygen atoms in total. The molecule has 154 valence electrons. The number of rotatable bonds is 16. The van der Waals surface area contributed by atoms with Crippen LogP contribution in [0.3, 0.4) is 0 Å². The van der Waals surface area contributed by atoms with Gasteiger partial charge in [0.1, 0.15) is 0 Å². The number of hydrogen-bond donors (Lipinski definition) is 4. The van der Waals surface area contributed by atoms with Crippen molar-refractivity contribution >= 4 is 7.26 Å². The van der Waals surface area contributed by atoms with Gasteiger partial charge in [-0.05, 0) is 0 Å². The fourth-order valence-corrected chi connectivity index (χ4v) is 8.74. The topological polar surface area (TPSA) is 80.9 Å². The summed E-state index contributed by atoms with van der Waals surface area (Å²) in [4.78, 5) is 0. The van der Waals surface area contributed by atoms with Gasteiger partial charge in [-0.25, -0.2) is 0 Å². The maximum atomic E-state index is 10.1. The van der Waals surface area contributed by atoms with Crippen LogP contribution >= 0.6 is 7.26 Å². The van der Waals surface area contributed by atoms with Crippen LogP contribution in [0.2, 0.25) is 0 Å². The summed E-state index contributed by atoms with van der Waals surface area (Å²) in [6.45, 7) is 8.04. The normalized spacial score (nSPS) is 17.9. The Balaban J connectivity index is 5.11. The molecule has 4 atom stereocenters. The summed E-state index contributed by atoms with van der Waals surface area (Å²) in [5.74, 6) is 0. The van der Waals surface area contributed by atoms with E-state index in [-0.39, 0.29) is 24.4 Å². The van der Waals surface area contributed by atoms with Crippen molar-refractivity contribution < 1.29 is 20.4 Å². The molecule has 0 bridgehead atoms. The summed E-state index contributed by atoms with van der Waals surface area (Å²) in [6, 6.07) is 0. The molecule has 25 heavy (non-hydrogen) atoms. The molecule has 0 saturated heterocycles. The summed E-state index contributed by atoms with van der Waals surface area (Å²) < 4.78 is 0. The third kappa shape index (κ3) is 11.6. The van der Waals surface area contributed by atoms with Gasteiger partial charge in [-0.1, -0.05) is 0 Å². The second-order valence-corrected chi connectivity index (χ2v) is 12.9. The van der Waals surface area contributed by atoms with Crippen molar-refractivity contribution in [2.24, 2.45) is 0 Å². The predicted octanol–water partition coefficient (Wildman–Crippen LogP) is 3.38. The van der Waals surface area contributed by atoms with Gasteiger partial charge in [0.25, 0.3) is 0 Å². The van der Waals surface area contributed by atoms with Crippen molar-refractivity contribution in [1.82, 2.24) is 0 Å². The van der Waals surface area contributed by atoms with Gasteiger partial charge in [-0.3, -0.25) is 0 Å². The second kappa shape index (κ2) is 14.3. The molecule has 0 amide bonds. The van der Waals surface area contributed by atoms with E-state index in [1.54, 1.807) is 0 Å². The first-order chi connectivity index (χ1) is 11.8. The molecule has 0 spiro atoms. The van der Waals surface area contributed by atoms with Crippen molar-refractivity contribution in [2.45, 2.75) is 103 Å². The van der Waals surface area contributed by atoms with Gasteiger partial charge < -0.3 is 0 Å². The van der Waals surface area contributed by atoms with Crippen molar-refractivity contribution in [3.05, 3.63) is 0 Å². The van der Waals surface area contributed by atoms with E-state index >= 15 is 0 Å². The number of aliphatic hydroxyl groups excluding tert-OH is 4. The van der Waals surface area contributed by atoms with Crippen molar-refractivity contribution in [2.75, 3.05) is 24.6 Å². The van der Waals surface area contributed by atoms with Crippen molar-refractivity contribution in [1.29, 1.82) is 0 Å².